The van der Waals surface area contributed by atoms with Crippen LogP contribution in [-0.2, 0) is 10.8 Å². The Labute approximate surface area is 313 Å². The minimum atomic E-state index is -0.0965. The first-order valence-electron chi connectivity index (χ1n) is 20.5. The minimum absolute atomic E-state index is 0.0965. The average molecular weight is 696 g/mol. The lowest BCUT2D eigenvalue weighted by Crippen LogP contribution is -2.48. The molecule has 0 saturated heterocycles. The first-order valence-corrected chi connectivity index (χ1v) is 21.3. The molecular formula is C50H49NS. The fourth-order valence-corrected chi connectivity index (χ4v) is 15.0. The van der Waals surface area contributed by atoms with Gasteiger partial charge in [-0.15, -0.1) is 11.3 Å². The number of fused-ring (bicyclic) bond motifs is 9. The van der Waals surface area contributed by atoms with Gasteiger partial charge in [0.2, 0.25) is 0 Å². The monoisotopic (exact) mass is 695 g/mol. The van der Waals surface area contributed by atoms with Crippen molar-refractivity contribution in [3.05, 3.63) is 125 Å². The van der Waals surface area contributed by atoms with Crippen LogP contribution in [0.2, 0.25) is 0 Å². The molecule has 1 aromatic heterocycles. The van der Waals surface area contributed by atoms with Crippen molar-refractivity contribution < 1.29 is 0 Å². The topological polar surface area (TPSA) is 3.24 Å². The highest BCUT2D eigenvalue weighted by Crippen LogP contribution is 2.61. The number of nitrogens with zero attached hydrogens (tertiary/aromatic N) is 1. The quantitative estimate of drug-likeness (QED) is 0.174. The third-order valence-electron chi connectivity index (χ3n) is 15.5. The molecule has 0 radical (unpaired) electrons. The van der Waals surface area contributed by atoms with Gasteiger partial charge in [0.15, 0.2) is 0 Å². The van der Waals surface area contributed by atoms with E-state index in [1.54, 1.807) is 11.1 Å². The van der Waals surface area contributed by atoms with Crippen LogP contribution in [0.5, 0.6) is 0 Å². The lowest BCUT2D eigenvalue weighted by molar-refractivity contribution is -0.00518. The Bertz CT molecular complexity index is 2360. The Kier molecular flexibility index (Phi) is 6.38. The highest BCUT2D eigenvalue weighted by atomic mass is 32.1. The van der Waals surface area contributed by atoms with Gasteiger partial charge in [0.05, 0.1) is 0 Å². The van der Waals surface area contributed by atoms with Crippen molar-refractivity contribution in [2.75, 3.05) is 4.90 Å². The molecule has 0 N–H and O–H groups in total. The number of hydrogen-bond donors (Lipinski definition) is 0. The zero-order valence-electron chi connectivity index (χ0n) is 30.7. The summed E-state index contributed by atoms with van der Waals surface area (Å²) in [5.74, 6) is 5.50. The fourth-order valence-electron chi connectivity index (χ4n) is 13.6. The molecule has 0 spiro atoms. The third kappa shape index (κ3) is 4.34. The van der Waals surface area contributed by atoms with E-state index in [2.05, 4.69) is 122 Å². The second kappa shape index (κ2) is 10.8. The van der Waals surface area contributed by atoms with Gasteiger partial charge in [0.1, 0.15) is 0 Å². The molecule has 6 aromatic rings. The van der Waals surface area contributed by atoms with Crippen LogP contribution >= 0.6 is 11.3 Å². The zero-order valence-corrected chi connectivity index (χ0v) is 31.5. The highest BCUT2D eigenvalue weighted by molar-refractivity contribution is 7.26. The molecule has 0 aliphatic heterocycles. The molecule has 13 rings (SSSR count). The van der Waals surface area contributed by atoms with Crippen molar-refractivity contribution >= 4 is 48.6 Å². The first kappa shape index (κ1) is 30.6. The van der Waals surface area contributed by atoms with Crippen LogP contribution in [0.4, 0.5) is 17.1 Å². The second-order valence-electron chi connectivity index (χ2n) is 18.8. The van der Waals surface area contributed by atoms with Gasteiger partial charge in [0, 0.05) is 42.6 Å². The van der Waals surface area contributed by atoms with E-state index < -0.39 is 0 Å². The smallest absolute Gasteiger partial charge is 0.0465 e. The number of rotatable bonds is 5. The lowest BCUT2D eigenvalue weighted by atomic mass is 9.48. The first-order chi connectivity index (χ1) is 25.4. The Balaban J connectivity index is 0.959. The SMILES string of the molecule is CC1(C)c2cc(N(c3ccc(C4CC5CCC4C5)cc3)c3ccc(C45CC6CC(CC(C6)C4)C5)cc3)ccc2-c2ccc3c(sc4ccccc43)c21. The fraction of sp³-hybridized carbons (Fsp3) is 0.400. The van der Waals surface area contributed by atoms with Crippen molar-refractivity contribution in [2.24, 2.45) is 29.6 Å². The highest BCUT2D eigenvalue weighted by Gasteiger charge is 2.51. The van der Waals surface area contributed by atoms with Crippen LogP contribution in [0.1, 0.15) is 106 Å². The molecule has 6 bridgehead atoms. The van der Waals surface area contributed by atoms with Gasteiger partial charge in [-0.3, -0.25) is 0 Å². The molecule has 260 valence electrons. The van der Waals surface area contributed by atoms with Crippen LogP contribution < -0.4 is 4.90 Å². The summed E-state index contributed by atoms with van der Waals surface area (Å²) < 4.78 is 2.84. The van der Waals surface area contributed by atoms with Gasteiger partial charge in [-0.05, 0) is 175 Å². The van der Waals surface area contributed by atoms with Crippen LogP contribution in [0.25, 0.3) is 31.3 Å². The molecule has 7 aliphatic rings. The van der Waals surface area contributed by atoms with Gasteiger partial charge in [-0.25, -0.2) is 0 Å². The zero-order chi connectivity index (χ0) is 34.3. The van der Waals surface area contributed by atoms with E-state index >= 15 is 0 Å². The maximum Gasteiger partial charge on any atom is 0.0465 e. The summed E-state index contributed by atoms with van der Waals surface area (Å²) in [5, 5.41) is 2.78. The lowest BCUT2D eigenvalue weighted by Gasteiger charge is -2.57. The van der Waals surface area contributed by atoms with E-state index in [1.165, 1.54) is 124 Å². The molecule has 6 saturated carbocycles. The van der Waals surface area contributed by atoms with E-state index in [9.17, 15) is 0 Å². The van der Waals surface area contributed by atoms with Gasteiger partial charge >= 0.3 is 0 Å². The largest absolute Gasteiger partial charge is 0.310 e. The van der Waals surface area contributed by atoms with Crippen molar-refractivity contribution in [2.45, 2.75) is 94.8 Å². The molecule has 1 nitrogen and oxygen atoms in total. The molecule has 0 amide bonds. The summed E-state index contributed by atoms with van der Waals surface area (Å²) in [6.07, 6.45) is 14.5. The summed E-state index contributed by atoms with van der Waals surface area (Å²) in [7, 11) is 0. The van der Waals surface area contributed by atoms with Gasteiger partial charge in [0.25, 0.3) is 0 Å². The maximum absolute atomic E-state index is 2.56. The van der Waals surface area contributed by atoms with Crippen molar-refractivity contribution in [1.29, 1.82) is 0 Å². The van der Waals surface area contributed by atoms with Crippen molar-refractivity contribution in [3.63, 3.8) is 0 Å². The maximum atomic E-state index is 2.56. The van der Waals surface area contributed by atoms with Crippen LogP contribution in [0.15, 0.2) is 103 Å². The normalized spacial score (nSPS) is 30.3. The number of hydrogen-bond acceptors (Lipinski definition) is 2. The summed E-state index contributed by atoms with van der Waals surface area (Å²) >= 11 is 1.97. The number of benzene rings is 5. The number of anilines is 3. The van der Waals surface area contributed by atoms with Crippen molar-refractivity contribution in [3.8, 4) is 11.1 Å². The Morgan fingerprint density at radius 2 is 1.27 bits per heavy atom. The van der Waals surface area contributed by atoms with E-state index in [-0.39, 0.29) is 5.41 Å². The third-order valence-corrected chi connectivity index (χ3v) is 16.7. The molecule has 2 heteroatoms. The van der Waals surface area contributed by atoms with Crippen LogP contribution in [0.3, 0.4) is 0 Å². The van der Waals surface area contributed by atoms with Crippen LogP contribution in [-0.4, -0.2) is 0 Å². The molecule has 5 aromatic carbocycles. The van der Waals surface area contributed by atoms with Gasteiger partial charge < -0.3 is 4.90 Å². The molecule has 1 heterocycles. The van der Waals surface area contributed by atoms with E-state index in [0.29, 0.717) is 5.41 Å². The Hall–Kier alpha value is -3.88. The minimum Gasteiger partial charge on any atom is -0.310 e. The Morgan fingerprint density at radius 1 is 0.596 bits per heavy atom. The summed E-state index contributed by atoms with van der Waals surface area (Å²) in [5.41, 5.74) is 13.1. The second-order valence-corrected chi connectivity index (χ2v) is 19.8. The Morgan fingerprint density at radius 3 is 1.96 bits per heavy atom. The molecule has 3 atom stereocenters. The standard InChI is InChI=1S/C50H49NS/c1-49(2)45-26-39(17-18-40(45)42-19-20-43-41-5-3-4-6-46(41)52-48(43)47(42)49)51(37-13-9-34(10-14-37)44-25-30-7-8-35(44)24-30)38-15-11-36(12-16-38)50-27-31-21-32(28-50)23-33(22-31)29-50/h3-6,9-20,26,30-33,35,44H,7-8,21-25,27-29H2,1-2H3. The molecular weight excluding hydrogens is 647 g/mol. The summed E-state index contributed by atoms with van der Waals surface area (Å²) in [6, 6.07) is 40.9. The van der Waals surface area contributed by atoms with Gasteiger partial charge in [-0.1, -0.05) is 80.9 Å². The predicted octanol–water partition coefficient (Wildman–Crippen LogP) is 14.2. The molecule has 52 heavy (non-hydrogen) atoms. The van der Waals surface area contributed by atoms with Crippen LogP contribution in [0, 0.1) is 29.6 Å². The van der Waals surface area contributed by atoms with Crippen molar-refractivity contribution in [1.82, 2.24) is 0 Å². The number of thiophene rings is 1. The molecule has 7 aliphatic carbocycles. The predicted molar refractivity (Wildman–Crippen MR) is 220 cm³/mol. The summed E-state index contributed by atoms with van der Waals surface area (Å²) in [6.45, 7) is 4.92. The summed E-state index contributed by atoms with van der Waals surface area (Å²) in [4.78, 5) is 2.56. The molecule has 6 fully saturated rings. The average Bonchev–Trinajstić information content (AvgIpc) is 3.93. The van der Waals surface area contributed by atoms with E-state index in [0.717, 1.165) is 35.5 Å². The van der Waals surface area contributed by atoms with E-state index in [1.807, 2.05) is 11.3 Å². The molecule has 3 unspecified atom stereocenters. The van der Waals surface area contributed by atoms with E-state index in [4.69, 9.17) is 0 Å². The van der Waals surface area contributed by atoms with Gasteiger partial charge in [-0.2, -0.15) is 0 Å².